The molecule has 0 bridgehead atoms. The molecule has 1 unspecified atom stereocenters. The maximum absolute atomic E-state index is 3.56. The summed E-state index contributed by atoms with van der Waals surface area (Å²) >= 11 is 3.56. The lowest BCUT2D eigenvalue weighted by Crippen LogP contribution is -2.46. The highest BCUT2D eigenvalue weighted by Crippen LogP contribution is 2.21. The fourth-order valence-electron chi connectivity index (χ4n) is 2.84. The van der Waals surface area contributed by atoms with E-state index in [1.165, 1.54) is 51.3 Å². The summed E-state index contributed by atoms with van der Waals surface area (Å²) in [5, 5.41) is 3.45. The minimum atomic E-state index is 0.441. The number of nitrogens with zero attached hydrogens (tertiary/aromatic N) is 2. The SMILES string of the molecule is CCN1CCN(CCC(NC)c2cccc(Br)c2)CC1. The molecule has 0 spiro atoms. The Morgan fingerprint density at radius 1 is 1.20 bits per heavy atom. The van der Waals surface area contributed by atoms with E-state index >= 15 is 0 Å². The third-order valence-electron chi connectivity index (χ3n) is 4.25. The third-order valence-corrected chi connectivity index (χ3v) is 4.74. The molecule has 0 amide bonds. The molecule has 1 aromatic carbocycles. The summed E-state index contributed by atoms with van der Waals surface area (Å²) in [6, 6.07) is 9.07. The van der Waals surface area contributed by atoms with Crippen LogP contribution in [0.1, 0.15) is 24.9 Å². The fraction of sp³-hybridized carbons (Fsp3) is 0.625. The van der Waals surface area contributed by atoms with Gasteiger partial charge in [0.25, 0.3) is 0 Å². The summed E-state index contributed by atoms with van der Waals surface area (Å²) in [5.74, 6) is 0. The number of piperazine rings is 1. The van der Waals surface area contributed by atoms with Gasteiger partial charge in [0.15, 0.2) is 0 Å². The minimum absolute atomic E-state index is 0.441. The summed E-state index contributed by atoms with van der Waals surface area (Å²) in [5.41, 5.74) is 1.37. The second-order valence-electron chi connectivity index (χ2n) is 5.46. The average molecular weight is 340 g/mol. The largest absolute Gasteiger partial charge is 0.313 e. The molecule has 0 radical (unpaired) electrons. The van der Waals surface area contributed by atoms with Crippen LogP contribution in [0, 0.1) is 0 Å². The van der Waals surface area contributed by atoms with E-state index in [9.17, 15) is 0 Å². The summed E-state index contributed by atoms with van der Waals surface area (Å²) < 4.78 is 1.16. The first-order chi connectivity index (χ1) is 9.72. The van der Waals surface area contributed by atoms with Gasteiger partial charge >= 0.3 is 0 Å². The van der Waals surface area contributed by atoms with E-state index in [1.54, 1.807) is 0 Å². The van der Waals surface area contributed by atoms with Crippen molar-refractivity contribution >= 4 is 15.9 Å². The molecule has 2 rings (SSSR count). The molecule has 0 saturated carbocycles. The molecule has 3 nitrogen and oxygen atoms in total. The van der Waals surface area contributed by atoms with Gasteiger partial charge in [0.2, 0.25) is 0 Å². The molecule has 1 heterocycles. The molecule has 0 aliphatic carbocycles. The maximum Gasteiger partial charge on any atom is 0.0330 e. The summed E-state index contributed by atoms with van der Waals surface area (Å²) in [6.45, 7) is 9.47. The molecular weight excluding hydrogens is 314 g/mol. The second kappa shape index (κ2) is 8.13. The Bertz CT molecular complexity index is 402. The highest BCUT2D eigenvalue weighted by atomic mass is 79.9. The monoisotopic (exact) mass is 339 g/mol. The Hall–Kier alpha value is -0.420. The highest BCUT2D eigenvalue weighted by molar-refractivity contribution is 9.10. The van der Waals surface area contributed by atoms with Crippen LogP contribution in [0.4, 0.5) is 0 Å². The molecule has 112 valence electrons. The third kappa shape index (κ3) is 4.55. The van der Waals surface area contributed by atoms with Crippen molar-refractivity contribution in [3.63, 3.8) is 0 Å². The summed E-state index contributed by atoms with van der Waals surface area (Å²) in [7, 11) is 2.06. The first-order valence-corrected chi connectivity index (χ1v) is 8.39. The first kappa shape index (κ1) is 16.0. The lowest BCUT2D eigenvalue weighted by atomic mass is 10.0. The molecule has 1 aliphatic rings. The van der Waals surface area contributed by atoms with Crippen LogP contribution in [-0.2, 0) is 0 Å². The highest BCUT2D eigenvalue weighted by Gasteiger charge is 2.17. The van der Waals surface area contributed by atoms with Gasteiger partial charge in [0.1, 0.15) is 0 Å². The van der Waals surface area contributed by atoms with E-state index in [0.717, 1.165) is 4.47 Å². The Balaban J connectivity index is 1.82. The zero-order valence-corrected chi connectivity index (χ0v) is 14.2. The van der Waals surface area contributed by atoms with Gasteiger partial charge in [-0.25, -0.2) is 0 Å². The van der Waals surface area contributed by atoms with Crippen LogP contribution in [0.5, 0.6) is 0 Å². The zero-order chi connectivity index (χ0) is 14.4. The van der Waals surface area contributed by atoms with Gasteiger partial charge in [-0.1, -0.05) is 35.0 Å². The summed E-state index contributed by atoms with van der Waals surface area (Å²) in [4.78, 5) is 5.12. The van der Waals surface area contributed by atoms with Crippen molar-refractivity contribution in [2.75, 3.05) is 46.3 Å². The van der Waals surface area contributed by atoms with Crippen LogP contribution in [0.25, 0.3) is 0 Å². The van der Waals surface area contributed by atoms with Crippen LogP contribution < -0.4 is 5.32 Å². The number of halogens is 1. The minimum Gasteiger partial charge on any atom is -0.313 e. The van der Waals surface area contributed by atoms with Gasteiger partial charge in [0, 0.05) is 43.2 Å². The Kier molecular flexibility index (Phi) is 6.49. The smallest absolute Gasteiger partial charge is 0.0330 e. The van der Waals surface area contributed by atoms with Gasteiger partial charge in [-0.15, -0.1) is 0 Å². The van der Waals surface area contributed by atoms with Crippen molar-refractivity contribution in [3.8, 4) is 0 Å². The standard InChI is InChI=1S/C16H26BrN3/c1-3-19-9-11-20(12-10-19)8-7-16(18-2)14-5-4-6-15(17)13-14/h4-6,13,16,18H,3,7-12H2,1-2H3. The number of rotatable bonds is 6. The molecule has 1 saturated heterocycles. The molecular formula is C16H26BrN3. The lowest BCUT2D eigenvalue weighted by molar-refractivity contribution is 0.133. The van der Waals surface area contributed by atoms with Crippen molar-refractivity contribution < 1.29 is 0 Å². The molecule has 20 heavy (non-hydrogen) atoms. The van der Waals surface area contributed by atoms with Crippen LogP contribution in [0.3, 0.4) is 0 Å². The molecule has 1 atom stereocenters. The number of nitrogens with one attached hydrogen (secondary N) is 1. The second-order valence-corrected chi connectivity index (χ2v) is 6.38. The van der Waals surface area contributed by atoms with Gasteiger partial charge in [-0.3, -0.25) is 0 Å². The molecule has 4 heteroatoms. The van der Waals surface area contributed by atoms with Crippen LogP contribution in [0.15, 0.2) is 28.7 Å². The Labute approximate surface area is 131 Å². The number of hydrogen-bond acceptors (Lipinski definition) is 3. The van der Waals surface area contributed by atoms with E-state index in [0.29, 0.717) is 6.04 Å². The lowest BCUT2D eigenvalue weighted by Gasteiger charge is -2.34. The van der Waals surface area contributed by atoms with Crippen LogP contribution in [-0.4, -0.2) is 56.1 Å². The number of hydrogen-bond donors (Lipinski definition) is 1. The molecule has 1 aromatic rings. The molecule has 1 aliphatic heterocycles. The predicted molar refractivity (Wildman–Crippen MR) is 89.1 cm³/mol. The Morgan fingerprint density at radius 3 is 2.50 bits per heavy atom. The van der Waals surface area contributed by atoms with Gasteiger partial charge in [-0.2, -0.15) is 0 Å². The fourth-order valence-corrected chi connectivity index (χ4v) is 3.26. The van der Waals surface area contributed by atoms with Gasteiger partial charge < -0.3 is 15.1 Å². The van der Waals surface area contributed by atoms with Crippen molar-refractivity contribution in [2.24, 2.45) is 0 Å². The van der Waals surface area contributed by atoms with Crippen LogP contribution in [0.2, 0.25) is 0 Å². The normalized spacial score (nSPS) is 19.1. The molecule has 0 aromatic heterocycles. The van der Waals surface area contributed by atoms with E-state index in [-0.39, 0.29) is 0 Å². The van der Waals surface area contributed by atoms with E-state index < -0.39 is 0 Å². The summed E-state index contributed by atoms with van der Waals surface area (Å²) in [6.07, 6.45) is 1.17. The Morgan fingerprint density at radius 2 is 1.90 bits per heavy atom. The van der Waals surface area contributed by atoms with Gasteiger partial charge in [0.05, 0.1) is 0 Å². The van der Waals surface area contributed by atoms with Crippen molar-refractivity contribution in [1.82, 2.24) is 15.1 Å². The average Bonchev–Trinajstić information content (AvgIpc) is 2.48. The van der Waals surface area contributed by atoms with Crippen LogP contribution >= 0.6 is 15.9 Å². The van der Waals surface area contributed by atoms with Crippen molar-refractivity contribution in [2.45, 2.75) is 19.4 Å². The first-order valence-electron chi connectivity index (χ1n) is 7.60. The zero-order valence-electron chi connectivity index (χ0n) is 12.6. The maximum atomic E-state index is 3.56. The van der Waals surface area contributed by atoms with E-state index in [2.05, 4.69) is 69.3 Å². The predicted octanol–water partition coefficient (Wildman–Crippen LogP) is 2.74. The molecule has 1 fully saturated rings. The van der Waals surface area contributed by atoms with E-state index in [4.69, 9.17) is 0 Å². The van der Waals surface area contributed by atoms with Crippen molar-refractivity contribution in [1.29, 1.82) is 0 Å². The number of benzene rings is 1. The topological polar surface area (TPSA) is 18.5 Å². The van der Waals surface area contributed by atoms with E-state index in [1.807, 2.05) is 0 Å². The number of likely N-dealkylation sites (N-methyl/N-ethyl adjacent to an activating group) is 1. The molecule has 1 N–H and O–H groups in total. The van der Waals surface area contributed by atoms with Gasteiger partial charge in [-0.05, 0) is 37.7 Å². The quantitative estimate of drug-likeness (QED) is 0.859. The van der Waals surface area contributed by atoms with Crippen molar-refractivity contribution in [3.05, 3.63) is 34.3 Å².